The van der Waals surface area contributed by atoms with E-state index in [1.165, 1.54) is 109 Å². The number of rotatable bonds is 3. The lowest BCUT2D eigenvalue weighted by Crippen LogP contribution is -1.93. The van der Waals surface area contributed by atoms with Gasteiger partial charge in [-0.25, -0.2) is 0 Å². The quantitative estimate of drug-likeness (QED) is 0.176. The van der Waals surface area contributed by atoms with Crippen molar-refractivity contribution in [2.45, 2.75) is 0 Å². The molecule has 11 rings (SSSR count). The molecule has 10 aromatic rings. The van der Waals surface area contributed by atoms with Crippen molar-refractivity contribution in [1.29, 1.82) is 0 Å². The van der Waals surface area contributed by atoms with Crippen molar-refractivity contribution in [2.24, 2.45) is 0 Å². The van der Waals surface area contributed by atoms with E-state index in [2.05, 4.69) is 170 Å². The molecule has 1 aliphatic carbocycles. The van der Waals surface area contributed by atoms with Crippen molar-refractivity contribution in [2.75, 3.05) is 0 Å². The van der Waals surface area contributed by atoms with E-state index >= 15 is 0 Å². The number of benzene rings is 10. The fourth-order valence-corrected chi connectivity index (χ4v) is 8.81. The molecule has 0 nitrogen and oxygen atoms in total. The fraction of sp³-hybridized carbons (Fsp3) is 0. The van der Waals surface area contributed by atoms with Gasteiger partial charge in [-0.1, -0.05) is 170 Å². The van der Waals surface area contributed by atoms with Crippen LogP contribution in [0.3, 0.4) is 0 Å². The van der Waals surface area contributed by atoms with Gasteiger partial charge in [0.1, 0.15) is 0 Å². The Morgan fingerprint density at radius 3 is 1.29 bits per heavy atom. The summed E-state index contributed by atoms with van der Waals surface area (Å²) in [7, 11) is 0. The summed E-state index contributed by atoms with van der Waals surface area (Å²) in [6.07, 6.45) is 0. The summed E-state index contributed by atoms with van der Waals surface area (Å²) in [4.78, 5) is 0. The maximum absolute atomic E-state index is 2.40. The highest BCUT2D eigenvalue weighted by Crippen LogP contribution is 2.58. The van der Waals surface area contributed by atoms with Gasteiger partial charge < -0.3 is 0 Å². The van der Waals surface area contributed by atoms with Crippen LogP contribution in [0.2, 0.25) is 0 Å². The molecule has 0 aromatic heterocycles. The van der Waals surface area contributed by atoms with Gasteiger partial charge in [-0.15, -0.1) is 0 Å². The average Bonchev–Trinajstić information content (AvgIpc) is 3.48. The van der Waals surface area contributed by atoms with Crippen LogP contribution in [0.1, 0.15) is 0 Å². The molecule has 0 amide bonds. The largest absolute Gasteiger partial charge is 0.0622 e. The van der Waals surface area contributed by atoms with Gasteiger partial charge in [0.25, 0.3) is 0 Å². The minimum atomic E-state index is 1.25. The van der Waals surface area contributed by atoms with E-state index in [-0.39, 0.29) is 0 Å². The number of hydrogen-bond donors (Lipinski definition) is 0. The van der Waals surface area contributed by atoms with Crippen molar-refractivity contribution in [1.82, 2.24) is 0 Å². The lowest BCUT2D eigenvalue weighted by molar-refractivity contribution is 1.62. The predicted molar refractivity (Wildman–Crippen MR) is 206 cm³/mol. The third-order valence-corrected chi connectivity index (χ3v) is 10.7. The number of fused-ring (bicyclic) bond motifs is 4. The van der Waals surface area contributed by atoms with Gasteiger partial charge in [0.05, 0.1) is 0 Å². The molecule has 0 fully saturated rings. The first kappa shape index (κ1) is 25.9. The standard InChI is InChI=1S/C48H28/c1-3-11-29(12-4-1)44-37-17-7-8-18-38(37)45(30-13-5-2-6-14-30)48-41-28-27-35(36-19-10-20-40(46(36)41)47(44)48)34-25-23-33-22-21-31-15-9-16-32-24-26-39(34)43(33)42(31)32/h1-28H. The van der Waals surface area contributed by atoms with Gasteiger partial charge in [-0.05, 0) is 109 Å². The average molecular weight is 605 g/mol. The SMILES string of the molecule is c1ccc(-c2c3c(c(-c4ccccc4)c4ccccc24)-c2ccc(-c4ccc5ccc6cccc7ccc4c5c67)c4cccc-3c24)cc1. The van der Waals surface area contributed by atoms with E-state index in [1.54, 1.807) is 0 Å². The monoisotopic (exact) mass is 604 g/mol. The Morgan fingerprint density at radius 1 is 0.208 bits per heavy atom. The zero-order chi connectivity index (χ0) is 31.3. The molecule has 220 valence electrons. The summed E-state index contributed by atoms with van der Waals surface area (Å²) in [5.41, 5.74) is 13.0. The topological polar surface area (TPSA) is 0 Å². The second kappa shape index (κ2) is 9.64. The second-order valence-corrected chi connectivity index (χ2v) is 13.1. The maximum Gasteiger partial charge on any atom is -0.000741 e. The van der Waals surface area contributed by atoms with E-state index in [1.807, 2.05) is 0 Å². The summed E-state index contributed by atoms with van der Waals surface area (Å²) in [6, 6.07) is 63.2. The molecule has 0 saturated carbocycles. The molecule has 10 aromatic carbocycles. The van der Waals surface area contributed by atoms with Crippen LogP contribution in [0, 0.1) is 0 Å². The summed E-state index contributed by atoms with van der Waals surface area (Å²) in [5, 5.41) is 13.2. The lowest BCUT2D eigenvalue weighted by Gasteiger charge is -2.20. The van der Waals surface area contributed by atoms with Crippen molar-refractivity contribution in [3.05, 3.63) is 170 Å². The predicted octanol–water partition coefficient (Wildman–Crippen LogP) is 13.5. The Balaban J connectivity index is 1.28. The first-order valence-electron chi connectivity index (χ1n) is 16.8. The first-order chi connectivity index (χ1) is 23.8. The van der Waals surface area contributed by atoms with Crippen LogP contribution in [0.15, 0.2) is 170 Å². The molecule has 0 heterocycles. The molecule has 1 aliphatic rings. The molecule has 48 heavy (non-hydrogen) atoms. The summed E-state index contributed by atoms with van der Waals surface area (Å²) >= 11 is 0. The van der Waals surface area contributed by atoms with Crippen molar-refractivity contribution >= 4 is 53.9 Å². The van der Waals surface area contributed by atoms with Crippen LogP contribution in [0.5, 0.6) is 0 Å². The molecular formula is C48H28. The van der Waals surface area contributed by atoms with E-state index in [0.717, 1.165) is 0 Å². The fourth-order valence-electron chi connectivity index (χ4n) is 8.81. The van der Waals surface area contributed by atoms with Crippen LogP contribution in [0.25, 0.3) is 109 Å². The van der Waals surface area contributed by atoms with E-state index in [0.29, 0.717) is 0 Å². The van der Waals surface area contributed by atoms with E-state index < -0.39 is 0 Å². The van der Waals surface area contributed by atoms with Crippen LogP contribution in [-0.2, 0) is 0 Å². The Hall–Kier alpha value is -6.24. The Labute approximate surface area is 278 Å². The minimum Gasteiger partial charge on any atom is -0.0622 e. The van der Waals surface area contributed by atoms with Gasteiger partial charge in [0.15, 0.2) is 0 Å². The minimum absolute atomic E-state index is 1.25. The highest BCUT2D eigenvalue weighted by molar-refractivity contribution is 6.30. The van der Waals surface area contributed by atoms with Gasteiger partial charge in [-0.2, -0.15) is 0 Å². The van der Waals surface area contributed by atoms with Crippen LogP contribution >= 0.6 is 0 Å². The zero-order valence-corrected chi connectivity index (χ0v) is 26.2. The van der Waals surface area contributed by atoms with Crippen molar-refractivity contribution < 1.29 is 0 Å². The molecule has 0 aliphatic heterocycles. The Bertz CT molecular complexity index is 2800. The molecule has 0 N–H and O–H groups in total. The molecule has 0 saturated heterocycles. The second-order valence-electron chi connectivity index (χ2n) is 13.1. The molecular weight excluding hydrogens is 577 g/mol. The van der Waals surface area contributed by atoms with Gasteiger partial charge in [-0.3, -0.25) is 0 Å². The first-order valence-corrected chi connectivity index (χ1v) is 16.8. The van der Waals surface area contributed by atoms with E-state index in [4.69, 9.17) is 0 Å². The molecule has 0 atom stereocenters. The van der Waals surface area contributed by atoms with Crippen LogP contribution in [-0.4, -0.2) is 0 Å². The van der Waals surface area contributed by atoms with Crippen LogP contribution < -0.4 is 0 Å². The van der Waals surface area contributed by atoms with Gasteiger partial charge in [0.2, 0.25) is 0 Å². The zero-order valence-electron chi connectivity index (χ0n) is 26.2. The third-order valence-electron chi connectivity index (χ3n) is 10.7. The summed E-state index contributed by atoms with van der Waals surface area (Å²) < 4.78 is 0. The maximum atomic E-state index is 2.40. The summed E-state index contributed by atoms with van der Waals surface area (Å²) in [5.74, 6) is 0. The van der Waals surface area contributed by atoms with Gasteiger partial charge in [0, 0.05) is 0 Å². The van der Waals surface area contributed by atoms with Crippen molar-refractivity contribution in [3.8, 4) is 55.6 Å². The number of hydrogen-bond acceptors (Lipinski definition) is 0. The van der Waals surface area contributed by atoms with Crippen LogP contribution in [0.4, 0.5) is 0 Å². The summed E-state index contributed by atoms with van der Waals surface area (Å²) in [6.45, 7) is 0. The molecule has 0 spiro atoms. The van der Waals surface area contributed by atoms with Gasteiger partial charge >= 0.3 is 0 Å². The normalized spacial score (nSPS) is 12.2. The molecule has 0 unspecified atom stereocenters. The molecule has 0 heteroatoms. The Kier molecular flexibility index (Phi) is 5.20. The van der Waals surface area contributed by atoms with Crippen molar-refractivity contribution in [3.63, 3.8) is 0 Å². The highest BCUT2D eigenvalue weighted by atomic mass is 14.3. The lowest BCUT2D eigenvalue weighted by atomic mass is 9.82. The molecule has 0 radical (unpaired) electrons. The Morgan fingerprint density at radius 2 is 0.646 bits per heavy atom. The molecule has 0 bridgehead atoms. The highest BCUT2D eigenvalue weighted by Gasteiger charge is 2.31. The van der Waals surface area contributed by atoms with E-state index in [9.17, 15) is 0 Å². The smallest absolute Gasteiger partial charge is 0.000741 e. The third kappa shape index (κ3) is 3.39.